The van der Waals surface area contributed by atoms with Crippen LogP contribution in [0.2, 0.25) is 0 Å². The van der Waals surface area contributed by atoms with E-state index in [1.54, 1.807) is 47.2 Å². The molecule has 2 aromatic carbocycles. The lowest BCUT2D eigenvalue weighted by Gasteiger charge is -2.34. The molecule has 1 saturated heterocycles. The average Bonchev–Trinajstić information content (AvgIpc) is 2.72. The zero-order chi connectivity index (χ0) is 19.2. The predicted octanol–water partition coefficient (Wildman–Crippen LogP) is 1.76. The third kappa shape index (κ3) is 4.31. The van der Waals surface area contributed by atoms with Crippen molar-refractivity contribution < 1.29 is 24.2 Å². The number of benzene rings is 2. The van der Waals surface area contributed by atoms with Gasteiger partial charge in [-0.15, -0.1) is 0 Å². The van der Waals surface area contributed by atoms with Crippen molar-refractivity contribution in [1.82, 2.24) is 9.80 Å². The number of aromatic hydroxyl groups is 1. The summed E-state index contributed by atoms with van der Waals surface area (Å²) in [5, 5.41) is 9.83. The second-order valence-corrected chi connectivity index (χ2v) is 6.13. The molecule has 0 aliphatic carbocycles. The maximum Gasteiger partial charge on any atom is 0.260 e. The van der Waals surface area contributed by atoms with Crippen LogP contribution in [0.25, 0.3) is 0 Å². The van der Waals surface area contributed by atoms with Gasteiger partial charge in [0.1, 0.15) is 5.75 Å². The first kappa shape index (κ1) is 18.6. The molecule has 0 atom stereocenters. The molecule has 7 nitrogen and oxygen atoms in total. The lowest BCUT2D eigenvalue weighted by atomic mass is 10.1. The van der Waals surface area contributed by atoms with Crippen LogP contribution >= 0.6 is 0 Å². The largest absolute Gasteiger partial charge is 0.507 e. The average molecular weight is 370 g/mol. The maximum atomic E-state index is 12.5. The Morgan fingerprint density at radius 2 is 1.52 bits per heavy atom. The van der Waals surface area contributed by atoms with E-state index in [1.165, 1.54) is 6.07 Å². The molecule has 7 heteroatoms. The molecule has 1 heterocycles. The van der Waals surface area contributed by atoms with E-state index in [4.69, 9.17) is 9.47 Å². The number of ether oxygens (including phenoxy) is 2. The number of hydrogen-bond acceptors (Lipinski definition) is 5. The van der Waals surface area contributed by atoms with Gasteiger partial charge in [0.15, 0.2) is 18.1 Å². The van der Waals surface area contributed by atoms with Crippen LogP contribution in [0.4, 0.5) is 0 Å². The van der Waals surface area contributed by atoms with Crippen LogP contribution in [0, 0.1) is 0 Å². The number of para-hydroxylation sites is 3. The molecule has 0 radical (unpaired) electrons. The quantitative estimate of drug-likeness (QED) is 0.868. The number of phenols is 1. The second-order valence-electron chi connectivity index (χ2n) is 6.13. The predicted molar refractivity (Wildman–Crippen MR) is 99.1 cm³/mol. The normalized spacial score (nSPS) is 14.0. The Morgan fingerprint density at radius 3 is 2.19 bits per heavy atom. The number of hydrogen-bond donors (Lipinski definition) is 1. The van der Waals surface area contributed by atoms with Gasteiger partial charge in [0.05, 0.1) is 12.7 Å². The maximum absolute atomic E-state index is 12.5. The molecule has 0 bridgehead atoms. The topological polar surface area (TPSA) is 79.3 Å². The van der Waals surface area contributed by atoms with E-state index in [1.807, 2.05) is 12.1 Å². The van der Waals surface area contributed by atoms with Gasteiger partial charge in [-0.2, -0.15) is 0 Å². The van der Waals surface area contributed by atoms with E-state index in [9.17, 15) is 14.7 Å². The van der Waals surface area contributed by atoms with Crippen LogP contribution in [-0.4, -0.2) is 66.6 Å². The van der Waals surface area contributed by atoms with Gasteiger partial charge in [-0.05, 0) is 24.3 Å². The molecule has 1 N–H and O–H groups in total. The third-order valence-corrected chi connectivity index (χ3v) is 4.47. The van der Waals surface area contributed by atoms with E-state index < -0.39 is 0 Å². The molecule has 1 aliphatic heterocycles. The van der Waals surface area contributed by atoms with E-state index in [2.05, 4.69) is 0 Å². The van der Waals surface area contributed by atoms with Crippen molar-refractivity contribution in [1.29, 1.82) is 0 Å². The van der Waals surface area contributed by atoms with Crippen molar-refractivity contribution in [2.45, 2.75) is 0 Å². The highest BCUT2D eigenvalue weighted by atomic mass is 16.5. The monoisotopic (exact) mass is 370 g/mol. The first-order valence-electron chi connectivity index (χ1n) is 8.71. The summed E-state index contributed by atoms with van der Waals surface area (Å²) in [6.07, 6.45) is 0. The van der Waals surface area contributed by atoms with Gasteiger partial charge >= 0.3 is 0 Å². The smallest absolute Gasteiger partial charge is 0.260 e. The molecule has 0 spiro atoms. The summed E-state index contributed by atoms with van der Waals surface area (Å²) in [5.41, 5.74) is 0.275. The first-order chi connectivity index (χ1) is 13.1. The van der Waals surface area contributed by atoms with E-state index >= 15 is 0 Å². The zero-order valence-corrected chi connectivity index (χ0v) is 15.1. The van der Waals surface area contributed by atoms with Gasteiger partial charge < -0.3 is 24.4 Å². The van der Waals surface area contributed by atoms with Crippen LogP contribution in [-0.2, 0) is 4.79 Å². The van der Waals surface area contributed by atoms with Crippen molar-refractivity contribution >= 4 is 11.8 Å². The van der Waals surface area contributed by atoms with Gasteiger partial charge in [-0.1, -0.05) is 24.3 Å². The molecule has 1 fully saturated rings. The fraction of sp³-hybridized carbons (Fsp3) is 0.300. The standard InChI is InChI=1S/C20H22N2O5/c1-26-17-8-4-5-9-18(17)27-14-19(24)21-10-12-22(13-11-21)20(25)15-6-2-3-7-16(15)23/h2-9,23H,10-14H2,1H3. The molecular formula is C20H22N2O5. The van der Waals surface area contributed by atoms with Crippen molar-refractivity contribution in [3.63, 3.8) is 0 Å². The molecular weight excluding hydrogens is 348 g/mol. The van der Waals surface area contributed by atoms with Gasteiger partial charge in [0.2, 0.25) is 0 Å². The van der Waals surface area contributed by atoms with Gasteiger partial charge in [-0.3, -0.25) is 9.59 Å². The number of rotatable bonds is 5. The Kier molecular flexibility index (Phi) is 5.80. The lowest BCUT2D eigenvalue weighted by Crippen LogP contribution is -2.51. The number of nitrogens with zero attached hydrogens (tertiary/aromatic N) is 2. The number of carbonyl (C=O) groups excluding carboxylic acids is 2. The minimum atomic E-state index is -0.231. The fourth-order valence-corrected chi connectivity index (χ4v) is 2.95. The van der Waals surface area contributed by atoms with Crippen LogP contribution in [0.1, 0.15) is 10.4 Å². The molecule has 3 rings (SSSR count). The minimum Gasteiger partial charge on any atom is -0.507 e. The number of methoxy groups -OCH3 is 1. The zero-order valence-electron chi connectivity index (χ0n) is 15.1. The Labute approximate surface area is 157 Å². The van der Waals surface area contributed by atoms with Gasteiger partial charge in [-0.25, -0.2) is 0 Å². The molecule has 142 valence electrons. The number of piperazine rings is 1. The van der Waals surface area contributed by atoms with E-state index in [-0.39, 0.29) is 29.7 Å². The van der Waals surface area contributed by atoms with Crippen molar-refractivity contribution in [3.8, 4) is 17.2 Å². The summed E-state index contributed by atoms with van der Waals surface area (Å²) >= 11 is 0. The summed E-state index contributed by atoms with van der Waals surface area (Å²) < 4.78 is 10.8. The summed E-state index contributed by atoms with van der Waals surface area (Å²) in [4.78, 5) is 28.2. The molecule has 0 aromatic heterocycles. The SMILES string of the molecule is COc1ccccc1OCC(=O)N1CCN(C(=O)c2ccccc2O)CC1. The van der Waals surface area contributed by atoms with Crippen molar-refractivity contribution in [2.24, 2.45) is 0 Å². The molecule has 27 heavy (non-hydrogen) atoms. The molecule has 0 unspecified atom stereocenters. The van der Waals surface area contributed by atoms with Gasteiger partial charge in [0.25, 0.3) is 11.8 Å². The highest BCUT2D eigenvalue weighted by Gasteiger charge is 2.26. The number of amides is 2. The highest BCUT2D eigenvalue weighted by molar-refractivity contribution is 5.97. The summed E-state index contributed by atoms with van der Waals surface area (Å²) in [6.45, 7) is 1.58. The van der Waals surface area contributed by atoms with E-state index in [0.29, 0.717) is 37.7 Å². The van der Waals surface area contributed by atoms with E-state index in [0.717, 1.165) is 0 Å². The Morgan fingerprint density at radius 1 is 0.926 bits per heavy atom. The molecule has 2 amide bonds. The molecule has 2 aromatic rings. The summed E-state index contributed by atoms with van der Waals surface area (Å²) in [6, 6.07) is 13.6. The Bertz CT molecular complexity index is 816. The fourth-order valence-electron chi connectivity index (χ4n) is 2.95. The number of carbonyl (C=O) groups is 2. The van der Waals surface area contributed by atoms with Crippen molar-refractivity contribution in [3.05, 3.63) is 54.1 Å². The summed E-state index contributed by atoms with van der Waals surface area (Å²) in [5.74, 6) is 0.678. The molecule has 0 saturated carbocycles. The van der Waals surface area contributed by atoms with Crippen LogP contribution < -0.4 is 9.47 Å². The van der Waals surface area contributed by atoms with Crippen LogP contribution in [0.3, 0.4) is 0 Å². The first-order valence-corrected chi connectivity index (χ1v) is 8.71. The lowest BCUT2D eigenvalue weighted by molar-refractivity contribution is -0.134. The Hall–Kier alpha value is -3.22. The highest BCUT2D eigenvalue weighted by Crippen LogP contribution is 2.25. The van der Waals surface area contributed by atoms with Crippen LogP contribution in [0.15, 0.2) is 48.5 Å². The molecule has 1 aliphatic rings. The minimum absolute atomic E-state index is 0.0359. The summed E-state index contributed by atoms with van der Waals surface area (Å²) in [7, 11) is 1.55. The van der Waals surface area contributed by atoms with Gasteiger partial charge in [0, 0.05) is 26.2 Å². The van der Waals surface area contributed by atoms with Crippen molar-refractivity contribution in [2.75, 3.05) is 39.9 Å². The second kappa shape index (κ2) is 8.44. The number of phenolic OH excluding ortho intramolecular Hbond substituents is 1. The third-order valence-electron chi connectivity index (χ3n) is 4.47. The van der Waals surface area contributed by atoms with Crippen LogP contribution in [0.5, 0.6) is 17.2 Å². The Balaban J connectivity index is 1.52.